The maximum atomic E-state index is 9.35. The zero-order valence-electron chi connectivity index (χ0n) is 8.77. The maximum Gasteiger partial charge on any atom is 0.231 e. The summed E-state index contributed by atoms with van der Waals surface area (Å²) < 4.78 is 5.78. The second-order valence-electron chi connectivity index (χ2n) is 3.07. The van der Waals surface area contributed by atoms with Gasteiger partial charge in [0.15, 0.2) is 5.16 Å². The van der Waals surface area contributed by atoms with Gasteiger partial charge in [-0.3, -0.25) is 0 Å². The predicted molar refractivity (Wildman–Crippen MR) is 63.3 cm³/mol. The zero-order chi connectivity index (χ0) is 11.4. The van der Waals surface area contributed by atoms with Crippen molar-refractivity contribution < 1.29 is 9.84 Å². The molecule has 0 aliphatic carbocycles. The lowest BCUT2D eigenvalue weighted by Gasteiger charge is -2.13. The van der Waals surface area contributed by atoms with Crippen molar-refractivity contribution in [3.05, 3.63) is 10.7 Å². The van der Waals surface area contributed by atoms with Crippen molar-refractivity contribution >= 4 is 27.7 Å². The molecule has 1 rings (SSSR count). The summed E-state index contributed by atoms with van der Waals surface area (Å²) in [7, 11) is 1.56. The van der Waals surface area contributed by atoms with E-state index in [0.717, 1.165) is 4.47 Å². The summed E-state index contributed by atoms with van der Waals surface area (Å²) in [6.07, 6.45) is 1.25. The fraction of sp³-hybridized carbons (Fsp3) is 0.556. The van der Waals surface area contributed by atoms with Gasteiger partial charge in [-0.1, -0.05) is 18.7 Å². The first kappa shape index (κ1) is 12.7. The highest BCUT2D eigenvalue weighted by Gasteiger charge is 2.13. The minimum Gasteiger partial charge on any atom is -0.480 e. The number of halogens is 1. The molecule has 0 saturated carbocycles. The van der Waals surface area contributed by atoms with Crippen molar-refractivity contribution in [1.29, 1.82) is 0 Å². The van der Waals surface area contributed by atoms with Gasteiger partial charge in [0.2, 0.25) is 5.88 Å². The number of rotatable bonds is 4. The molecule has 0 bridgehead atoms. The fourth-order valence-corrected chi connectivity index (χ4v) is 1.93. The molecule has 0 saturated heterocycles. The molecular formula is C9H13BrN2O2S. The van der Waals surface area contributed by atoms with E-state index >= 15 is 0 Å². The van der Waals surface area contributed by atoms with Crippen molar-refractivity contribution in [2.75, 3.05) is 7.11 Å². The summed E-state index contributed by atoms with van der Waals surface area (Å²) in [5, 5.41) is 10.00. The summed E-state index contributed by atoms with van der Waals surface area (Å²) in [5.41, 5.74) is 0. The van der Waals surface area contributed by atoms with Gasteiger partial charge in [-0.15, -0.1) is 0 Å². The molecule has 0 fully saturated rings. The number of hydrogen-bond acceptors (Lipinski definition) is 5. The summed E-state index contributed by atoms with van der Waals surface area (Å²) in [6.45, 7) is 3.67. The Balaban J connectivity index is 2.78. The highest BCUT2D eigenvalue weighted by atomic mass is 79.9. The molecule has 0 aliphatic rings. The van der Waals surface area contributed by atoms with Gasteiger partial charge in [0.1, 0.15) is 0 Å². The topological polar surface area (TPSA) is 55.2 Å². The summed E-state index contributed by atoms with van der Waals surface area (Å²) in [4.78, 5) is 8.31. The lowest BCUT2D eigenvalue weighted by Crippen LogP contribution is -2.15. The SMILES string of the molecule is COc1nc(SC(C)C(C)O)ncc1Br. The third-order valence-electron chi connectivity index (χ3n) is 1.85. The Hall–Kier alpha value is -0.330. The van der Waals surface area contributed by atoms with Crippen LogP contribution in [0.3, 0.4) is 0 Å². The van der Waals surface area contributed by atoms with Gasteiger partial charge < -0.3 is 9.84 Å². The van der Waals surface area contributed by atoms with Crippen LogP contribution in [0.2, 0.25) is 0 Å². The van der Waals surface area contributed by atoms with E-state index < -0.39 is 6.10 Å². The smallest absolute Gasteiger partial charge is 0.231 e. The largest absolute Gasteiger partial charge is 0.480 e. The molecule has 1 aromatic rings. The van der Waals surface area contributed by atoms with Gasteiger partial charge >= 0.3 is 0 Å². The highest BCUT2D eigenvalue weighted by molar-refractivity contribution is 9.10. The number of aliphatic hydroxyl groups is 1. The van der Waals surface area contributed by atoms with Gasteiger partial charge in [0, 0.05) is 11.4 Å². The summed E-state index contributed by atoms with van der Waals surface area (Å²) in [6, 6.07) is 0. The summed E-state index contributed by atoms with van der Waals surface area (Å²) in [5.74, 6) is 0.505. The Bertz CT molecular complexity index is 336. The van der Waals surface area contributed by atoms with E-state index in [-0.39, 0.29) is 5.25 Å². The van der Waals surface area contributed by atoms with Crippen molar-refractivity contribution in [1.82, 2.24) is 9.97 Å². The first-order chi connectivity index (χ1) is 7.04. The Labute approximate surface area is 102 Å². The average molecular weight is 293 g/mol. The lowest BCUT2D eigenvalue weighted by molar-refractivity contribution is 0.196. The molecule has 2 atom stereocenters. The van der Waals surface area contributed by atoms with Crippen LogP contribution in [-0.4, -0.2) is 33.5 Å². The third-order valence-corrected chi connectivity index (χ3v) is 3.57. The van der Waals surface area contributed by atoms with Crippen LogP contribution in [0.4, 0.5) is 0 Å². The third kappa shape index (κ3) is 3.62. The number of ether oxygens (including phenoxy) is 1. The van der Waals surface area contributed by atoms with Crippen LogP contribution in [0.25, 0.3) is 0 Å². The number of thioether (sulfide) groups is 1. The molecule has 1 N–H and O–H groups in total. The number of aliphatic hydroxyl groups excluding tert-OH is 1. The Morgan fingerprint density at radius 2 is 2.20 bits per heavy atom. The molecule has 0 spiro atoms. The normalized spacial score (nSPS) is 14.7. The van der Waals surface area contributed by atoms with Gasteiger partial charge in [-0.25, -0.2) is 4.98 Å². The van der Waals surface area contributed by atoms with Crippen LogP contribution >= 0.6 is 27.7 Å². The Morgan fingerprint density at radius 3 is 2.73 bits per heavy atom. The maximum absolute atomic E-state index is 9.35. The van der Waals surface area contributed by atoms with E-state index in [1.54, 1.807) is 20.2 Å². The highest BCUT2D eigenvalue weighted by Crippen LogP contribution is 2.27. The number of hydrogen-bond donors (Lipinski definition) is 1. The van der Waals surface area contributed by atoms with Gasteiger partial charge in [0.25, 0.3) is 0 Å². The molecule has 0 aromatic carbocycles. The standard InChI is InChI=1S/C9H13BrN2O2S/c1-5(13)6(2)15-9-11-4-7(10)8(12-9)14-3/h4-6,13H,1-3H3. The minimum absolute atomic E-state index is 0.0517. The van der Waals surface area contributed by atoms with Crippen LogP contribution in [0.5, 0.6) is 5.88 Å². The molecule has 0 amide bonds. The van der Waals surface area contributed by atoms with E-state index in [0.29, 0.717) is 11.0 Å². The van der Waals surface area contributed by atoms with Crippen molar-refractivity contribution in [2.24, 2.45) is 0 Å². The number of aromatic nitrogens is 2. The van der Waals surface area contributed by atoms with Gasteiger partial charge in [-0.2, -0.15) is 4.98 Å². The van der Waals surface area contributed by atoms with Crippen LogP contribution in [0, 0.1) is 0 Å². The molecule has 1 aromatic heterocycles. The molecular weight excluding hydrogens is 280 g/mol. The molecule has 84 valence electrons. The molecule has 0 aliphatic heterocycles. The Kier molecular flexibility index (Phi) is 4.82. The van der Waals surface area contributed by atoms with Crippen LogP contribution in [-0.2, 0) is 0 Å². The zero-order valence-corrected chi connectivity index (χ0v) is 11.2. The Morgan fingerprint density at radius 1 is 1.53 bits per heavy atom. The fourth-order valence-electron chi connectivity index (χ4n) is 0.801. The molecule has 6 heteroatoms. The minimum atomic E-state index is -0.395. The first-order valence-electron chi connectivity index (χ1n) is 4.46. The number of methoxy groups -OCH3 is 1. The van der Waals surface area contributed by atoms with E-state index in [9.17, 15) is 5.11 Å². The molecule has 1 heterocycles. The second kappa shape index (κ2) is 5.67. The second-order valence-corrected chi connectivity index (χ2v) is 5.27. The monoisotopic (exact) mass is 292 g/mol. The van der Waals surface area contributed by atoms with Crippen molar-refractivity contribution in [3.8, 4) is 5.88 Å². The van der Waals surface area contributed by atoms with Crippen LogP contribution in [0.1, 0.15) is 13.8 Å². The van der Waals surface area contributed by atoms with Crippen LogP contribution < -0.4 is 4.74 Å². The summed E-state index contributed by atoms with van der Waals surface area (Å²) >= 11 is 4.69. The van der Waals surface area contributed by atoms with Crippen molar-refractivity contribution in [3.63, 3.8) is 0 Å². The van der Waals surface area contributed by atoms with E-state index in [2.05, 4.69) is 25.9 Å². The van der Waals surface area contributed by atoms with Gasteiger partial charge in [0.05, 0.1) is 17.7 Å². The molecule has 0 radical (unpaired) electrons. The van der Waals surface area contributed by atoms with E-state index in [4.69, 9.17) is 4.74 Å². The van der Waals surface area contributed by atoms with Crippen LogP contribution in [0.15, 0.2) is 15.8 Å². The van der Waals surface area contributed by atoms with Gasteiger partial charge in [-0.05, 0) is 22.9 Å². The lowest BCUT2D eigenvalue weighted by atomic mass is 10.3. The van der Waals surface area contributed by atoms with Crippen molar-refractivity contribution in [2.45, 2.75) is 30.4 Å². The number of nitrogens with zero attached hydrogens (tertiary/aromatic N) is 2. The van der Waals surface area contributed by atoms with E-state index in [1.165, 1.54) is 11.8 Å². The molecule has 15 heavy (non-hydrogen) atoms. The molecule has 2 unspecified atom stereocenters. The average Bonchev–Trinajstić information content (AvgIpc) is 2.20. The predicted octanol–water partition coefficient (Wildman–Crippen LogP) is 2.11. The quantitative estimate of drug-likeness (QED) is 0.680. The molecule has 4 nitrogen and oxygen atoms in total. The first-order valence-corrected chi connectivity index (χ1v) is 6.13. The van der Waals surface area contributed by atoms with E-state index in [1.807, 2.05) is 6.92 Å².